The highest BCUT2D eigenvalue weighted by molar-refractivity contribution is 5.86. The number of carbonyl (C=O) groups is 1. The van der Waals surface area contributed by atoms with Crippen molar-refractivity contribution in [2.45, 2.75) is 6.92 Å². The van der Waals surface area contributed by atoms with Crippen LogP contribution >= 0.6 is 0 Å². The molecule has 0 amide bonds. The summed E-state index contributed by atoms with van der Waals surface area (Å²) >= 11 is 0. The van der Waals surface area contributed by atoms with Gasteiger partial charge in [-0.2, -0.15) is 0 Å². The number of hydrogen-bond acceptors (Lipinski definition) is 3. The molecule has 0 atom stereocenters. The largest absolute Gasteiger partial charge is 0.463 e. The number of hydrogen-bond donors (Lipinski definition) is 0. The Hall–Kier alpha value is -2.36. The van der Waals surface area contributed by atoms with Gasteiger partial charge in [-0.1, -0.05) is 18.2 Å². The minimum Gasteiger partial charge on any atom is -0.463 e. The zero-order valence-corrected chi connectivity index (χ0v) is 10.1. The van der Waals surface area contributed by atoms with Gasteiger partial charge < -0.3 is 9.30 Å². The Bertz CT molecular complexity index is 544. The molecule has 0 radical (unpaired) electrons. The maximum atomic E-state index is 11.2. The molecule has 0 saturated carbocycles. The zero-order chi connectivity index (χ0) is 12.8. The summed E-state index contributed by atoms with van der Waals surface area (Å²) in [5.74, 6) is 0.328. The summed E-state index contributed by atoms with van der Waals surface area (Å²) in [4.78, 5) is 15.4. The second-order valence-electron chi connectivity index (χ2n) is 3.58. The number of ether oxygens (including phenoxy) is 1. The fourth-order valence-electron chi connectivity index (χ4n) is 1.58. The number of nitrogens with zero attached hydrogens (tertiary/aromatic N) is 2. The summed E-state index contributed by atoms with van der Waals surface area (Å²) in [6.07, 6.45) is 6.56. The predicted octanol–water partition coefficient (Wildman–Crippen LogP) is 2.45. The first-order valence-electron chi connectivity index (χ1n) is 5.75. The van der Waals surface area contributed by atoms with E-state index >= 15 is 0 Å². The van der Waals surface area contributed by atoms with Crippen molar-refractivity contribution in [2.24, 2.45) is 0 Å². The van der Waals surface area contributed by atoms with Gasteiger partial charge in [0.05, 0.1) is 6.61 Å². The van der Waals surface area contributed by atoms with Gasteiger partial charge >= 0.3 is 5.97 Å². The molecule has 0 spiro atoms. The van der Waals surface area contributed by atoms with E-state index < -0.39 is 0 Å². The van der Waals surface area contributed by atoms with Crippen molar-refractivity contribution in [3.63, 3.8) is 0 Å². The highest BCUT2D eigenvalue weighted by Gasteiger charge is 2.02. The summed E-state index contributed by atoms with van der Waals surface area (Å²) in [7, 11) is 0. The van der Waals surface area contributed by atoms with Crippen LogP contribution in [0.2, 0.25) is 0 Å². The Balaban J connectivity index is 2.21. The van der Waals surface area contributed by atoms with Gasteiger partial charge in [0.25, 0.3) is 0 Å². The van der Waals surface area contributed by atoms with Gasteiger partial charge in [0.15, 0.2) is 0 Å². The van der Waals surface area contributed by atoms with Crippen molar-refractivity contribution < 1.29 is 9.53 Å². The number of benzene rings is 1. The first-order chi connectivity index (χ1) is 8.81. The highest BCUT2D eigenvalue weighted by atomic mass is 16.5. The molecular weight excluding hydrogens is 228 g/mol. The van der Waals surface area contributed by atoms with Crippen molar-refractivity contribution in [3.8, 4) is 5.69 Å². The lowest BCUT2D eigenvalue weighted by Gasteiger charge is -2.04. The Labute approximate surface area is 106 Å². The topological polar surface area (TPSA) is 44.1 Å². The van der Waals surface area contributed by atoms with Gasteiger partial charge in [0.2, 0.25) is 0 Å². The first-order valence-corrected chi connectivity index (χ1v) is 5.75. The Morgan fingerprint density at radius 2 is 2.17 bits per heavy atom. The summed E-state index contributed by atoms with van der Waals surface area (Å²) < 4.78 is 6.72. The second kappa shape index (κ2) is 5.82. The average molecular weight is 242 g/mol. The fraction of sp³-hybridized carbons (Fsp3) is 0.143. The van der Waals surface area contributed by atoms with E-state index in [-0.39, 0.29) is 5.97 Å². The third-order valence-electron chi connectivity index (χ3n) is 2.36. The van der Waals surface area contributed by atoms with Crippen molar-refractivity contribution in [1.29, 1.82) is 0 Å². The fourth-order valence-corrected chi connectivity index (χ4v) is 1.58. The lowest BCUT2D eigenvalue weighted by atomic mass is 10.3. The normalized spacial score (nSPS) is 10.7. The van der Waals surface area contributed by atoms with E-state index in [0.717, 1.165) is 5.69 Å². The molecule has 1 aromatic heterocycles. The lowest BCUT2D eigenvalue weighted by molar-refractivity contribution is -0.137. The molecule has 4 nitrogen and oxygen atoms in total. The van der Waals surface area contributed by atoms with Crippen LogP contribution in [0.25, 0.3) is 11.8 Å². The number of rotatable bonds is 4. The SMILES string of the molecule is CCOC(=O)/C=C/c1nccn1-c1ccccc1. The van der Waals surface area contributed by atoms with E-state index in [9.17, 15) is 4.79 Å². The van der Waals surface area contributed by atoms with Crippen LogP contribution in [0.1, 0.15) is 12.7 Å². The van der Waals surface area contributed by atoms with Gasteiger partial charge in [-0.15, -0.1) is 0 Å². The Morgan fingerprint density at radius 3 is 2.89 bits per heavy atom. The molecule has 0 saturated heterocycles. The number of para-hydroxylation sites is 1. The molecule has 2 rings (SSSR count). The molecule has 0 unspecified atom stereocenters. The minimum atomic E-state index is -0.361. The average Bonchev–Trinajstić information content (AvgIpc) is 2.86. The number of aromatic nitrogens is 2. The molecule has 0 N–H and O–H groups in total. The predicted molar refractivity (Wildman–Crippen MR) is 69.2 cm³/mol. The molecule has 18 heavy (non-hydrogen) atoms. The maximum Gasteiger partial charge on any atom is 0.330 e. The second-order valence-corrected chi connectivity index (χ2v) is 3.58. The lowest BCUT2D eigenvalue weighted by Crippen LogP contribution is -2.00. The van der Waals surface area contributed by atoms with Crippen molar-refractivity contribution >= 4 is 12.0 Å². The van der Waals surface area contributed by atoms with Crippen LogP contribution < -0.4 is 0 Å². The molecule has 0 aliphatic rings. The van der Waals surface area contributed by atoms with Gasteiger partial charge in [0.1, 0.15) is 5.82 Å². The zero-order valence-electron chi connectivity index (χ0n) is 10.1. The minimum absolute atomic E-state index is 0.361. The molecular formula is C14H14N2O2. The standard InChI is InChI=1S/C14H14N2O2/c1-2-18-14(17)9-8-13-15-10-11-16(13)12-6-4-3-5-7-12/h3-11H,2H2,1H3/b9-8+. The first kappa shape index (κ1) is 12.1. The molecule has 0 fully saturated rings. The van der Waals surface area contributed by atoms with Crippen molar-refractivity contribution in [3.05, 3.63) is 54.6 Å². The van der Waals surface area contributed by atoms with E-state index in [1.807, 2.05) is 41.1 Å². The summed E-state index contributed by atoms with van der Waals surface area (Å²) in [6.45, 7) is 2.15. The molecule has 1 aromatic carbocycles. The van der Waals surface area contributed by atoms with Crippen LogP contribution in [0.4, 0.5) is 0 Å². The van der Waals surface area contributed by atoms with E-state index in [0.29, 0.717) is 12.4 Å². The van der Waals surface area contributed by atoms with Crippen LogP contribution in [-0.2, 0) is 9.53 Å². The summed E-state index contributed by atoms with van der Waals surface area (Å²) in [5, 5.41) is 0. The Kier molecular flexibility index (Phi) is 3.91. The maximum absolute atomic E-state index is 11.2. The number of carbonyl (C=O) groups excluding carboxylic acids is 1. The number of esters is 1. The third-order valence-corrected chi connectivity index (χ3v) is 2.36. The summed E-state index contributed by atoms with van der Waals surface area (Å²) in [6, 6.07) is 9.81. The molecule has 0 aliphatic carbocycles. The van der Waals surface area contributed by atoms with Crippen molar-refractivity contribution in [1.82, 2.24) is 9.55 Å². The van der Waals surface area contributed by atoms with Gasteiger partial charge in [-0.25, -0.2) is 9.78 Å². The van der Waals surface area contributed by atoms with Crippen molar-refractivity contribution in [2.75, 3.05) is 6.61 Å². The van der Waals surface area contributed by atoms with Crippen LogP contribution in [-0.4, -0.2) is 22.1 Å². The van der Waals surface area contributed by atoms with Crippen LogP contribution in [0.3, 0.4) is 0 Å². The molecule has 1 heterocycles. The van der Waals surface area contributed by atoms with Crippen LogP contribution in [0.5, 0.6) is 0 Å². The van der Waals surface area contributed by atoms with Crippen LogP contribution in [0.15, 0.2) is 48.8 Å². The smallest absolute Gasteiger partial charge is 0.330 e. The van der Waals surface area contributed by atoms with Gasteiger partial charge in [-0.05, 0) is 25.1 Å². The van der Waals surface area contributed by atoms with Crippen LogP contribution in [0, 0.1) is 0 Å². The Morgan fingerprint density at radius 1 is 1.39 bits per heavy atom. The highest BCUT2D eigenvalue weighted by Crippen LogP contribution is 2.11. The molecule has 4 heteroatoms. The van der Waals surface area contributed by atoms with Gasteiger partial charge in [0, 0.05) is 24.2 Å². The quantitative estimate of drug-likeness (QED) is 0.611. The van der Waals surface area contributed by atoms with Gasteiger partial charge in [-0.3, -0.25) is 0 Å². The van der Waals surface area contributed by atoms with E-state index in [1.165, 1.54) is 6.08 Å². The van der Waals surface area contributed by atoms with E-state index in [4.69, 9.17) is 4.74 Å². The third kappa shape index (κ3) is 2.85. The monoisotopic (exact) mass is 242 g/mol. The molecule has 2 aromatic rings. The molecule has 0 bridgehead atoms. The molecule has 92 valence electrons. The number of imidazole rings is 1. The molecule has 0 aliphatic heterocycles. The van der Waals surface area contributed by atoms with E-state index in [1.54, 1.807) is 19.2 Å². The van der Waals surface area contributed by atoms with E-state index in [2.05, 4.69) is 4.98 Å². The summed E-state index contributed by atoms with van der Waals surface area (Å²) in [5.41, 5.74) is 0.999.